The van der Waals surface area contributed by atoms with Crippen LogP contribution in [0.5, 0.6) is 0 Å². The first-order valence-electron chi connectivity index (χ1n) is 8.80. The highest BCUT2D eigenvalue weighted by Crippen LogP contribution is 2.24. The fraction of sp³-hybridized carbons (Fsp3) is 0.278. The second kappa shape index (κ2) is 7.50. The largest absolute Gasteiger partial charge is 0.352 e. The van der Waals surface area contributed by atoms with E-state index in [1.807, 2.05) is 30.0 Å². The second-order valence-electron chi connectivity index (χ2n) is 6.50. The Bertz CT molecular complexity index is 1060. The first-order chi connectivity index (χ1) is 13.4. The summed E-state index contributed by atoms with van der Waals surface area (Å²) >= 11 is 6.10. The zero-order chi connectivity index (χ0) is 19.7. The van der Waals surface area contributed by atoms with Crippen molar-refractivity contribution in [2.75, 3.05) is 31.1 Å². The first kappa shape index (κ1) is 18.9. The second-order valence-corrected chi connectivity index (χ2v) is 8.85. The van der Waals surface area contributed by atoms with Crippen LogP contribution in [0.1, 0.15) is 5.56 Å². The summed E-state index contributed by atoms with van der Waals surface area (Å²) in [6, 6.07) is 10.4. The zero-order valence-corrected chi connectivity index (χ0v) is 16.8. The number of halogens is 1. The Morgan fingerprint density at radius 2 is 1.71 bits per heavy atom. The molecule has 1 aliphatic heterocycles. The van der Waals surface area contributed by atoms with E-state index < -0.39 is 10.0 Å². The SMILES string of the molecule is Cc1ccc(S(=O)(=O)N2CCN(c3ccc(-n4cccn4)nn3)CC2)cc1Cl. The molecule has 0 aliphatic carbocycles. The first-order valence-corrected chi connectivity index (χ1v) is 10.6. The van der Waals surface area contributed by atoms with Gasteiger partial charge in [-0.15, -0.1) is 10.2 Å². The van der Waals surface area contributed by atoms with Gasteiger partial charge in [-0.1, -0.05) is 17.7 Å². The number of benzene rings is 1. The summed E-state index contributed by atoms with van der Waals surface area (Å²) in [5, 5.41) is 13.0. The number of anilines is 1. The molecular formula is C18H19ClN6O2S. The Morgan fingerprint density at radius 3 is 2.32 bits per heavy atom. The van der Waals surface area contributed by atoms with Crippen LogP contribution < -0.4 is 4.90 Å². The molecule has 0 amide bonds. The van der Waals surface area contributed by atoms with E-state index in [0.29, 0.717) is 42.8 Å². The third kappa shape index (κ3) is 3.60. The number of rotatable bonds is 4. The monoisotopic (exact) mass is 418 g/mol. The summed E-state index contributed by atoms with van der Waals surface area (Å²) in [6.07, 6.45) is 3.47. The van der Waals surface area contributed by atoms with Crippen molar-refractivity contribution in [1.29, 1.82) is 0 Å². The number of aromatic nitrogens is 4. The predicted molar refractivity (Wildman–Crippen MR) is 106 cm³/mol. The molecule has 0 bridgehead atoms. The van der Waals surface area contributed by atoms with Crippen molar-refractivity contribution < 1.29 is 8.42 Å². The van der Waals surface area contributed by atoms with Crippen molar-refractivity contribution in [3.63, 3.8) is 0 Å². The van der Waals surface area contributed by atoms with Gasteiger partial charge in [0.05, 0.1) is 4.90 Å². The number of hydrogen-bond acceptors (Lipinski definition) is 6. The van der Waals surface area contributed by atoms with Crippen LogP contribution in [0.3, 0.4) is 0 Å². The Hall–Kier alpha value is -2.49. The number of sulfonamides is 1. The zero-order valence-electron chi connectivity index (χ0n) is 15.2. The van der Waals surface area contributed by atoms with E-state index >= 15 is 0 Å². The molecule has 0 unspecified atom stereocenters. The molecule has 0 saturated carbocycles. The minimum atomic E-state index is -3.57. The molecule has 3 aromatic rings. The third-order valence-electron chi connectivity index (χ3n) is 4.72. The standard InChI is InChI=1S/C18H19ClN6O2S/c1-14-3-4-15(13-16(14)19)28(26,27)24-11-9-23(10-12-24)17-5-6-18(22-21-17)25-8-2-7-20-25/h2-8,13H,9-12H2,1H3. The summed E-state index contributed by atoms with van der Waals surface area (Å²) in [5.74, 6) is 1.34. The molecule has 4 rings (SSSR count). The van der Waals surface area contributed by atoms with Gasteiger partial charge < -0.3 is 4.90 Å². The maximum atomic E-state index is 12.9. The molecule has 1 aromatic carbocycles. The van der Waals surface area contributed by atoms with Crippen LogP contribution in [0.2, 0.25) is 5.02 Å². The normalized spacial score (nSPS) is 15.7. The molecule has 3 heterocycles. The lowest BCUT2D eigenvalue weighted by Crippen LogP contribution is -2.49. The van der Waals surface area contributed by atoms with Crippen LogP contribution in [0.25, 0.3) is 5.82 Å². The van der Waals surface area contributed by atoms with Gasteiger partial charge >= 0.3 is 0 Å². The van der Waals surface area contributed by atoms with Crippen LogP contribution >= 0.6 is 11.6 Å². The average molecular weight is 419 g/mol. The van der Waals surface area contributed by atoms with E-state index in [9.17, 15) is 8.42 Å². The van der Waals surface area contributed by atoms with E-state index in [2.05, 4.69) is 15.3 Å². The number of aryl methyl sites for hydroxylation is 1. The van der Waals surface area contributed by atoms with Gasteiger partial charge in [0.1, 0.15) is 0 Å². The van der Waals surface area contributed by atoms with Crippen LogP contribution in [0.4, 0.5) is 5.82 Å². The maximum absolute atomic E-state index is 12.9. The van der Waals surface area contributed by atoms with Gasteiger partial charge in [0.15, 0.2) is 11.6 Å². The number of nitrogens with zero attached hydrogens (tertiary/aromatic N) is 6. The Labute approximate surface area is 168 Å². The molecular weight excluding hydrogens is 400 g/mol. The summed E-state index contributed by atoms with van der Waals surface area (Å²) in [4.78, 5) is 2.24. The van der Waals surface area contributed by atoms with E-state index in [4.69, 9.17) is 11.6 Å². The highest BCUT2D eigenvalue weighted by atomic mass is 35.5. The fourth-order valence-electron chi connectivity index (χ4n) is 3.05. The Kier molecular flexibility index (Phi) is 5.05. The topological polar surface area (TPSA) is 84.2 Å². The molecule has 1 aliphatic rings. The van der Waals surface area contributed by atoms with Gasteiger partial charge in [0, 0.05) is 43.6 Å². The van der Waals surface area contributed by atoms with Gasteiger partial charge in [-0.2, -0.15) is 9.40 Å². The predicted octanol–water partition coefficient (Wildman–Crippen LogP) is 2.14. The molecule has 0 radical (unpaired) electrons. The highest BCUT2D eigenvalue weighted by molar-refractivity contribution is 7.89. The third-order valence-corrected chi connectivity index (χ3v) is 7.02. The molecule has 10 heteroatoms. The fourth-order valence-corrected chi connectivity index (χ4v) is 4.75. The molecule has 1 saturated heterocycles. The van der Waals surface area contributed by atoms with Crippen LogP contribution in [0.15, 0.2) is 53.7 Å². The molecule has 1 fully saturated rings. The van der Waals surface area contributed by atoms with E-state index in [1.54, 1.807) is 29.2 Å². The van der Waals surface area contributed by atoms with Gasteiger partial charge in [-0.05, 0) is 42.8 Å². The van der Waals surface area contributed by atoms with E-state index in [1.165, 1.54) is 10.4 Å². The van der Waals surface area contributed by atoms with Crippen molar-refractivity contribution in [3.05, 3.63) is 59.4 Å². The average Bonchev–Trinajstić information content (AvgIpc) is 3.25. The quantitative estimate of drug-likeness (QED) is 0.645. The lowest BCUT2D eigenvalue weighted by atomic mass is 10.2. The molecule has 146 valence electrons. The summed E-state index contributed by atoms with van der Waals surface area (Å²) in [7, 11) is -3.57. The van der Waals surface area contributed by atoms with E-state index in [-0.39, 0.29) is 4.90 Å². The summed E-state index contributed by atoms with van der Waals surface area (Å²) < 4.78 is 28.9. The molecule has 0 spiro atoms. The Balaban J connectivity index is 1.44. The van der Waals surface area contributed by atoms with Crippen LogP contribution in [0, 0.1) is 6.92 Å². The van der Waals surface area contributed by atoms with Crippen LogP contribution in [-0.2, 0) is 10.0 Å². The van der Waals surface area contributed by atoms with Crippen molar-refractivity contribution in [3.8, 4) is 5.82 Å². The molecule has 28 heavy (non-hydrogen) atoms. The van der Waals surface area contributed by atoms with Gasteiger partial charge in [0.25, 0.3) is 0 Å². The lowest BCUT2D eigenvalue weighted by Gasteiger charge is -2.34. The van der Waals surface area contributed by atoms with E-state index in [0.717, 1.165) is 5.56 Å². The smallest absolute Gasteiger partial charge is 0.243 e. The minimum Gasteiger partial charge on any atom is -0.352 e. The molecule has 8 nitrogen and oxygen atoms in total. The van der Waals surface area contributed by atoms with Gasteiger partial charge in [-0.25, -0.2) is 13.1 Å². The Morgan fingerprint density at radius 1 is 1.00 bits per heavy atom. The number of hydrogen-bond donors (Lipinski definition) is 0. The van der Waals surface area contributed by atoms with Gasteiger partial charge in [-0.3, -0.25) is 0 Å². The lowest BCUT2D eigenvalue weighted by molar-refractivity contribution is 0.383. The summed E-state index contributed by atoms with van der Waals surface area (Å²) in [6.45, 7) is 3.66. The minimum absolute atomic E-state index is 0.222. The van der Waals surface area contributed by atoms with Crippen molar-refractivity contribution in [2.24, 2.45) is 0 Å². The van der Waals surface area contributed by atoms with Crippen molar-refractivity contribution >= 4 is 27.4 Å². The number of piperazine rings is 1. The molecule has 0 N–H and O–H groups in total. The maximum Gasteiger partial charge on any atom is 0.243 e. The molecule has 0 atom stereocenters. The van der Waals surface area contributed by atoms with Crippen molar-refractivity contribution in [1.82, 2.24) is 24.3 Å². The van der Waals surface area contributed by atoms with Gasteiger partial charge in [0.2, 0.25) is 10.0 Å². The van der Waals surface area contributed by atoms with Crippen molar-refractivity contribution in [2.45, 2.75) is 11.8 Å². The molecule has 2 aromatic heterocycles. The van der Waals surface area contributed by atoms with Crippen LogP contribution in [-0.4, -0.2) is 58.9 Å². The highest BCUT2D eigenvalue weighted by Gasteiger charge is 2.29. The summed E-state index contributed by atoms with van der Waals surface area (Å²) in [5.41, 5.74) is 0.850.